The Morgan fingerprint density at radius 2 is 1.94 bits per heavy atom. The molecule has 0 bridgehead atoms. The molecule has 0 aromatic heterocycles. The molecule has 6 heteroatoms. The zero-order valence-electron chi connectivity index (χ0n) is 9.14. The minimum atomic E-state index is -3.43. The third kappa shape index (κ3) is 2.60. The van der Waals surface area contributed by atoms with E-state index in [9.17, 15) is 8.42 Å². The first-order valence-electron chi connectivity index (χ1n) is 5.39. The molecule has 1 aliphatic rings. The molecule has 1 fully saturated rings. The number of hydrogen-bond donors (Lipinski definition) is 0. The molecule has 1 atom stereocenters. The first-order chi connectivity index (χ1) is 8.05. The molecule has 0 N–H and O–H groups in total. The summed E-state index contributed by atoms with van der Waals surface area (Å²) >= 11 is 11.5. The molecule has 1 aliphatic heterocycles. The van der Waals surface area contributed by atoms with Gasteiger partial charge in [0.05, 0.1) is 4.90 Å². The molecule has 3 nitrogen and oxygen atoms in total. The summed E-state index contributed by atoms with van der Waals surface area (Å²) in [6.45, 7) is 0.544. The van der Waals surface area contributed by atoms with Crippen molar-refractivity contribution in [1.29, 1.82) is 0 Å². The fourth-order valence-corrected chi connectivity index (χ4v) is 4.24. The van der Waals surface area contributed by atoms with Gasteiger partial charge in [0, 0.05) is 23.5 Å². The summed E-state index contributed by atoms with van der Waals surface area (Å²) in [4.78, 5) is 0.277. The van der Waals surface area contributed by atoms with Crippen LogP contribution in [0.2, 0.25) is 5.02 Å². The van der Waals surface area contributed by atoms with Gasteiger partial charge in [0.1, 0.15) is 0 Å². The highest BCUT2D eigenvalue weighted by Gasteiger charge is 2.34. The summed E-state index contributed by atoms with van der Waals surface area (Å²) in [6.07, 6.45) is 1.69. The average molecular weight is 294 g/mol. The van der Waals surface area contributed by atoms with Gasteiger partial charge < -0.3 is 0 Å². The van der Waals surface area contributed by atoms with E-state index in [1.807, 2.05) is 0 Å². The van der Waals surface area contributed by atoms with Crippen LogP contribution in [0.15, 0.2) is 29.2 Å². The van der Waals surface area contributed by atoms with Crippen LogP contribution >= 0.6 is 23.2 Å². The Balaban J connectivity index is 2.33. The van der Waals surface area contributed by atoms with Crippen LogP contribution in [0.4, 0.5) is 0 Å². The van der Waals surface area contributed by atoms with Crippen molar-refractivity contribution >= 4 is 33.2 Å². The maximum atomic E-state index is 12.3. The second-order valence-electron chi connectivity index (χ2n) is 4.02. The molecule has 1 aromatic rings. The SMILES string of the molecule is O=S(=O)(c1ccc(Cl)cc1)N1CCC[C@H]1CCl. The molecule has 94 valence electrons. The Labute approximate surface area is 111 Å². The highest BCUT2D eigenvalue weighted by atomic mass is 35.5. The van der Waals surface area contributed by atoms with Crippen LogP contribution in [0.1, 0.15) is 12.8 Å². The van der Waals surface area contributed by atoms with Gasteiger partial charge in [-0.25, -0.2) is 8.42 Å². The third-order valence-electron chi connectivity index (χ3n) is 2.92. The quantitative estimate of drug-likeness (QED) is 0.804. The number of benzene rings is 1. The lowest BCUT2D eigenvalue weighted by atomic mass is 10.3. The van der Waals surface area contributed by atoms with E-state index < -0.39 is 10.0 Å². The lowest BCUT2D eigenvalue weighted by Crippen LogP contribution is -2.36. The van der Waals surface area contributed by atoms with Gasteiger partial charge in [-0.1, -0.05) is 11.6 Å². The van der Waals surface area contributed by atoms with Gasteiger partial charge in [0.2, 0.25) is 10.0 Å². The molecule has 0 amide bonds. The predicted octanol–water partition coefficient (Wildman–Crippen LogP) is 2.73. The topological polar surface area (TPSA) is 37.4 Å². The van der Waals surface area contributed by atoms with E-state index in [0.717, 1.165) is 12.8 Å². The van der Waals surface area contributed by atoms with Gasteiger partial charge in [0.15, 0.2) is 0 Å². The first kappa shape index (κ1) is 13.1. The summed E-state index contributed by atoms with van der Waals surface area (Å²) in [5, 5.41) is 0.527. The Hall–Kier alpha value is -0.290. The number of rotatable bonds is 3. The molecule has 0 aliphatic carbocycles. The van der Waals surface area contributed by atoms with E-state index in [1.165, 1.54) is 16.4 Å². The molecule has 1 aromatic carbocycles. The van der Waals surface area contributed by atoms with E-state index in [4.69, 9.17) is 23.2 Å². The van der Waals surface area contributed by atoms with Crippen LogP contribution < -0.4 is 0 Å². The predicted molar refractivity (Wildman–Crippen MR) is 69.1 cm³/mol. The fourth-order valence-electron chi connectivity index (χ4n) is 2.02. The third-order valence-corrected chi connectivity index (χ3v) is 5.50. The summed E-state index contributed by atoms with van der Waals surface area (Å²) in [5.74, 6) is 0.340. The summed E-state index contributed by atoms with van der Waals surface area (Å²) in [7, 11) is -3.43. The largest absolute Gasteiger partial charge is 0.243 e. The monoisotopic (exact) mass is 293 g/mol. The number of halogens is 2. The van der Waals surface area contributed by atoms with Crippen LogP contribution in [0.5, 0.6) is 0 Å². The molecular formula is C11H13Cl2NO2S. The normalized spacial score (nSPS) is 21.9. The lowest BCUT2D eigenvalue weighted by Gasteiger charge is -2.22. The summed E-state index contributed by atoms with van der Waals surface area (Å²) in [6, 6.07) is 6.14. The molecule has 0 unspecified atom stereocenters. The van der Waals surface area contributed by atoms with Crippen molar-refractivity contribution in [2.45, 2.75) is 23.8 Å². The Bertz CT molecular complexity index is 487. The molecule has 1 saturated heterocycles. The van der Waals surface area contributed by atoms with E-state index in [0.29, 0.717) is 17.4 Å². The van der Waals surface area contributed by atoms with E-state index in [-0.39, 0.29) is 10.9 Å². The maximum absolute atomic E-state index is 12.3. The summed E-state index contributed by atoms with van der Waals surface area (Å²) < 4.78 is 26.2. The minimum absolute atomic E-state index is 0.0858. The zero-order valence-corrected chi connectivity index (χ0v) is 11.5. The van der Waals surface area contributed by atoms with Gasteiger partial charge in [-0.2, -0.15) is 4.31 Å². The van der Waals surface area contributed by atoms with Gasteiger partial charge in [-0.3, -0.25) is 0 Å². The van der Waals surface area contributed by atoms with Crippen molar-refractivity contribution in [2.75, 3.05) is 12.4 Å². The van der Waals surface area contributed by atoms with Gasteiger partial charge in [0.25, 0.3) is 0 Å². The molecule has 0 radical (unpaired) electrons. The van der Waals surface area contributed by atoms with E-state index in [2.05, 4.69) is 0 Å². The molecule has 1 heterocycles. The molecule has 2 rings (SSSR count). The lowest BCUT2D eigenvalue weighted by molar-refractivity contribution is 0.411. The Morgan fingerprint density at radius 3 is 2.53 bits per heavy atom. The van der Waals surface area contributed by atoms with Crippen molar-refractivity contribution in [3.63, 3.8) is 0 Å². The van der Waals surface area contributed by atoms with Gasteiger partial charge in [-0.05, 0) is 37.1 Å². The van der Waals surface area contributed by atoms with Crippen molar-refractivity contribution < 1.29 is 8.42 Å². The van der Waals surface area contributed by atoms with Crippen LogP contribution in [-0.4, -0.2) is 31.2 Å². The van der Waals surface area contributed by atoms with E-state index in [1.54, 1.807) is 12.1 Å². The Kier molecular flexibility index (Phi) is 3.98. The number of nitrogens with zero attached hydrogens (tertiary/aromatic N) is 1. The highest BCUT2D eigenvalue weighted by Crippen LogP contribution is 2.27. The van der Waals surface area contributed by atoms with Crippen LogP contribution in [0.3, 0.4) is 0 Å². The smallest absolute Gasteiger partial charge is 0.207 e. The average Bonchev–Trinajstić information content (AvgIpc) is 2.78. The number of alkyl halides is 1. The second-order valence-corrected chi connectivity index (χ2v) is 6.66. The van der Waals surface area contributed by atoms with Crippen LogP contribution in [0.25, 0.3) is 0 Å². The minimum Gasteiger partial charge on any atom is -0.207 e. The van der Waals surface area contributed by atoms with Crippen molar-refractivity contribution in [1.82, 2.24) is 4.31 Å². The van der Waals surface area contributed by atoms with Crippen molar-refractivity contribution in [3.8, 4) is 0 Å². The Morgan fingerprint density at radius 1 is 1.29 bits per heavy atom. The van der Waals surface area contributed by atoms with Gasteiger partial charge in [-0.15, -0.1) is 11.6 Å². The van der Waals surface area contributed by atoms with E-state index >= 15 is 0 Å². The number of sulfonamides is 1. The standard InChI is InChI=1S/C11H13Cl2NO2S/c12-8-10-2-1-7-14(10)17(15,16)11-5-3-9(13)4-6-11/h3-6,10H,1-2,7-8H2/t10-/m0/s1. The molecule has 0 saturated carbocycles. The number of hydrogen-bond acceptors (Lipinski definition) is 2. The molecule has 0 spiro atoms. The second kappa shape index (κ2) is 5.14. The molecule has 17 heavy (non-hydrogen) atoms. The zero-order chi connectivity index (χ0) is 12.5. The molecular weight excluding hydrogens is 281 g/mol. The van der Waals surface area contributed by atoms with Crippen molar-refractivity contribution in [2.24, 2.45) is 0 Å². The van der Waals surface area contributed by atoms with Crippen LogP contribution in [-0.2, 0) is 10.0 Å². The van der Waals surface area contributed by atoms with Gasteiger partial charge >= 0.3 is 0 Å². The first-order valence-corrected chi connectivity index (χ1v) is 7.74. The summed E-state index contributed by atoms with van der Waals surface area (Å²) in [5.41, 5.74) is 0. The maximum Gasteiger partial charge on any atom is 0.243 e. The van der Waals surface area contributed by atoms with Crippen molar-refractivity contribution in [3.05, 3.63) is 29.3 Å². The highest BCUT2D eigenvalue weighted by molar-refractivity contribution is 7.89. The fraction of sp³-hybridized carbons (Fsp3) is 0.455. The van der Waals surface area contributed by atoms with Crippen LogP contribution in [0, 0.1) is 0 Å².